The minimum Gasteiger partial charge on any atom is -0.352 e. The Bertz CT molecular complexity index is 911. The molecule has 166 valence electrons. The quantitative estimate of drug-likeness (QED) is 0.685. The van der Waals surface area contributed by atoms with E-state index in [1.807, 2.05) is 25.3 Å². The average molecular weight is 446 g/mol. The lowest BCUT2D eigenvalue weighted by Crippen LogP contribution is -2.55. The number of nitrogens with one attached hydrogen (secondary N) is 2. The Morgan fingerprint density at radius 1 is 1.13 bits per heavy atom. The molecule has 3 amide bonds. The van der Waals surface area contributed by atoms with Gasteiger partial charge >= 0.3 is 0 Å². The Morgan fingerprint density at radius 3 is 2.45 bits per heavy atom. The third kappa shape index (κ3) is 5.70. The summed E-state index contributed by atoms with van der Waals surface area (Å²) in [4.78, 5) is 40.8. The molecule has 0 saturated carbocycles. The van der Waals surface area contributed by atoms with Crippen molar-refractivity contribution in [3.05, 3.63) is 58.0 Å². The topological polar surface area (TPSA) is 78.5 Å². The fraction of sp³-hybridized carbons (Fsp3) is 0.435. The largest absolute Gasteiger partial charge is 0.352 e. The first-order valence-electron chi connectivity index (χ1n) is 10.6. The third-order valence-corrected chi connectivity index (χ3v) is 6.58. The molecule has 1 aromatic carbocycles. The van der Waals surface area contributed by atoms with E-state index < -0.39 is 17.8 Å². The van der Waals surface area contributed by atoms with Gasteiger partial charge in [-0.3, -0.25) is 14.4 Å². The number of hydrogen-bond acceptors (Lipinski definition) is 4. The number of hydrogen-bond donors (Lipinski definition) is 2. The molecule has 2 heterocycles. The standard InChI is InChI=1S/C23H28FN3O3S/c1-3-15(2)25-22(29)20(26-21(28)17-7-4-5-8-18(17)24)16-10-12-27(13-11-16)23(30)19-9-6-14-31-19/h4-9,14-16,20H,3,10-13H2,1-2H3,(H,25,29)(H,26,28)/t15-,20+/m1/s1. The lowest BCUT2D eigenvalue weighted by atomic mass is 9.88. The summed E-state index contributed by atoms with van der Waals surface area (Å²) in [6, 6.07) is 8.53. The molecule has 0 spiro atoms. The van der Waals surface area contributed by atoms with Crippen LogP contribution in [-0.2, 0) is 4.79 Å². The van der Waals surface area contributed by atoms with E-state index in [-0.39, 0.29) is 29.3 Å². The summed E-state index contributed by atoms with van der Waals surface area (Å²) in [6.45, 7) is 4.87. The summed E-state index contributed by atoms with van der Waals surface area (Å²) in [5.41, 5.74) is -0.0888. The lowest BCUT2D eigenvalue weighted by molar-refractivity contribution is -0.125. The molecule has 3 rings (SSSR count). The van der Waals surface area contributed by atoms with Crippen LogP contribution < -0.4 is 10.6 Å². The van der Waals surface area contributed by atoms with Crippen LogP contribution in [0.4, 0.5) is 4.39 Å². The molecule has 31 heavy (non-hydrogen) atoms. The van der Waals surface area contributed by atoms with Crippen molar-refractivity contribution in [3.63, 3.8) is 0 Å². The van der Waals surface area contributed by atoms with Crippen LogP contribution in [0.1, 0.15) is 53.1 Å². The van der Waals surface area contributed by atoms with Gasteiger partial charge in [-0.05, 0) is 55.7 Å². The molecular weight excluding hydrogens is 417 g/mol. The molecule has 1 fully saturated rings. The zero-order valence-electron chi connectivity index (χ0n) is 17.8. The molecule has 0 unspecified atom stereocenters. The number of likely N-dealkylation sites (tertiary alicyclic amines) is 1. The molecule has 1 aromatic heterocycles. The van der Waals surface area contributed by atoms with Crippen LogP contribution in [0.15, 0.2) is 41.8 Å². The van der Waals surface area contributed by atoms with E-state index in [1.165, 1.54) is 29.5 Å². The number of piperidine rings is 1. The van der Waals surface area contributed by atoms with E-state index in [0.29, 0.717) is 30.8 Å². The monoisotopic (exact) mass is 445 g/mol. The second kappa shape index (κ2) is 10.5. The fourth-order valence-corrected chi connectivity index (χ4v) is 4.38. The van der Waals surface area contributed by atoms with Crippen LogP contribution in [0.2, 0.25) is 0 Å². The number of halogens is 1. The zero-order chi connectivity index (χ0) is 22.4. The molecule has 2 aromatic rings. The van der Waals surface area contributed by atoms with E-state index in [4.69, 9.17) is 0 Å². The predicted molar refractivity (Wildman–Crippen MR) is 118 cm³/mol. The minimum absolute atomic E-state index is 0.00977. The van der Waals surface area contributed by atoms with Gasteiger partial charge in [0.1, 0.15) is 11.9 Å². The van der Waals surface area contributed by atoms with Crippen molar-refractivity contribution in [2.24, 2.45) is 5.92 Å². The van der Waals surface area contributed by atoms with Gasteiger partial charge in [-0.1, -0.05) is 25.1 Å². The van der Waals surface area contributed by atoms with Gasteiger partial charge in [-0.2, -0.15) is 0 Å². The molecular formula is C23H28FN3O3S. The molecule has 1 aliphatic rings. The van der Waals surface area contributed by atoms with Crippen LogP contribution in [0.3, 0.4) is 0 Å². The Balaban J connectivity index is 1.71. The van der Waals surface area contributed by atoms with E-state index in [2.05, 4.69) is 10.6 Å². The van der Waals surface area contributed by atoms with Gasteiger partial charge < -0.3 is 15.5 Å². The van der Waals surface area contributed by atoms with Crippen LogP contribution >= 0.6 is 11.3 Å². The second-order valence-corrected chi connectivity index (χ2v) is 8.80. The average Bonchev–Trinajstić information content (AvgIpc) is 3.32. The van der Waals surface area contributed by atoms with E-state index in [0.717, 1.165) is 6.42 Å². The Labute approximate surface area is 185 Å². The van der Waals surface area contributed by atoms with Crippen molar-refractivity contribution in [2.45, 2.75) is 45.2 Å². The summed E-state index contributed by atoms with van der Waals surface area (Å²) in [5, 5.41) is 7.55. The molecule has 0 aliphatic carbocycles. The smallest absolute Gasteiger partial charge is 0.263 e. The highest BCUT2D eigenvalue weighted by Crippen LogP contribution is 2.24. The maximum absolute atomic E-state index is 14.1. The fourth-order valence-electron chi connectivity index (χ4n) is 3.69. The van der Waals surface area contributed by atoms with Crippen molar-refractivity contribution in [1.29, 1.82) is 0 Å². The highest BCUT2D eigenvalue weighted by atomic mass is 32.1. The summed E-state index contributed by atoms with van der Waals surface area (Å²) in [7, 11) is 0. The van der Waals surface area contributed by atoms with E-state index in [1.54, 1.807) is 17.0 Å². The number of carbonyl (C=O) groups is 3. The Hall–Kier alpha value is -2.74. The van der Waals surface area contributed by atoms with E-state index in [9.17, 15) is 18.8 Å². The summed E-state index contributed by atoms with van der Waals surface area (Å²) < 4.78 is 14.1. The summed E-state index contributed by atoms with van der Waals surface area (Å²) in [6.07, 6.45) is 1.91. The molecule has 2 atom stereocenters. The number of thiophene rings is 1. The van der Waals surface area contributed by atoms with Crippen LogP contribution in [0.25, 0.3) is 0 Å². The molecule has 0 bridgehead atoms. The van der Waals surface area contributed by atoms with Crippen LogP contribution in [-0.4, -0.2) is 47.8 Å². The van der Waals surface area contributed by atoms with Gasteiger partial charge in [0.15, 0.2) is 0 Å². The van der Waals surface area contributed by atoms with Gasteiger partial charge in [0.2, 0.25) is 5.91 Å². The van der Waals surface area contributed by atoms with Crippen molar-refractivity contribution in [1.82, 2.24) is 15.5 Å². The molecule has 1 saturated heterocycles. The van der Waals surface area contributed by atoms with Gasteiger partial charge in [0, 0.05) is 19.1 Å². The molecule has 8 heteroatoms. The number of benzene rings is 1. The first-order chi connectivity index (χ1) is 14.9. The maximum atomic E-state index is 14.1. The van der Waals surface area contributed by atoms with Crippen molar-refractivity contribution in [3.8, 4) is 0 Å². The molecule has 0 radical (unpaired) electrons. The number of carbonyl (C=O) groups excluding carboxylic acids is 3. The van der Waals surface area contributed by atoms with Gasteiger partial charge in [-0.15, -0.1) is 11.3 Å². The molecule has 6 nitrogen and oxygen atoms in total. The van der Waals surface area contributed by atoms with Crippen LogP contribution in [0.5, 0.6) is 0 Å². The van der Waals surface area contributed by atoms with Gasteiger partial charge in [0.25, 0.3) is 11.8 Å². The summed E-state index contributed by atoms with van der Waals surface area (Å²) in [5.74, 6) is -1.67. The SMILES string of the molecule is CC[C@@H](C)NC(=O)[C@@H](NC(=O)c1ccccc1F)C1CCN(C(=O)c2cccs2)CC1. The lowest BCUT2D eigenvalue weighted by Gasteiger charge is -2.36. The summed E-state index contributed by atoms with van der Waals surface area (Å²) >= 11 is 1.41. The normalized spacial score (nSPS) is 16.4. The highest BCUT2D eigenvalue weighted by molar-refractivity contribution is 7.12. The minimum atomic E-state index is -0.792. The molecule has 1 aliphatic heterocycles. The predicted octanol–water partition coefficient (Wildman–Crippen LogP) is 3.45. The van der Waals surface area contributed by atoms with Crippen molar-refractivity contribution in [2.75, 3.05) is 13.1 Å². The second-order valence-electron chi connectivity index (χ2n) is 7.86. The maximum Gasteiger partial charge on any atom is 0.263 e. The van der Waals surface area contributed by atoms with Gasteiger partial charge in [0.05, 0.1) is 10.4 Å². The number of amides is 3. The Morgan fingerprint density at radius 2 is 1.84 bits per heavy atom. The number of nitrogens with zero attached hydrogens (tertiary/aromatic N) is 1. The van der Waals surface area contributed by atoms with Crippen molar-refractivity contribution >= 4 is 29.1 Å². The van der Waals surface area contributed by atoms with Gasteiger partial charge in [-0.25, -0.2) is 4.39 Å². The van der Waals surface area contributed by atoms with Crippen LogP contribution in [0, 0.1) is 11.7 Å². The Kier molecular flexibility index (Phi) is 7.79. The highest BCUT2D eigenvalue weighted by Gasteiger charge is 2.35. The third-order valence-electron chi connectivity index (χ3n) is 5.72. The van der Waals surface area contributed by atoms with Crippen molar-refractivity contribution < 1.29 is 18.8 Å². The number of rotatable bonds is 7. The zero-order valence-corrected chi connectivity index (χ0v) is 18.6. The first kappa shape index (κ1) is 22.9. The molecule has 2 N–H and O–H groups in total. The van der Waals surface area contributed by atoms with E-state index >= 15 is 0 Å². The first-order valence-corrected chi connectivity index (χ1v) is 11.5.